The number of hydrogen-bond donors (Lipinski definition) is 2. The lowest BCUT2D eigenvalue weighted by atomic mass is 10.0. The number of carbonyl (C=O) groups is 1. The summed E-state index contributed by atoms with van der Waals surface area (Å²) in [6.07, 6.45) is 7.75. The van der Waals surface area contributed by atoms with Crippen molar-refractivity contribution in [2.24, 2.45) is 10.9 Å². The minimum Gasteiger partial charge on any atom is -0.493 e. The number of fused-ring (bicyclic) bond motifs is 4. The minimum atomic E-state index is -0.216. The van der Waals surface area contributed by atoms with Crippen LogP contribution in [0.15, 0.2) is 63.3 Å². The van der Waals surface area contributed by atoms with Crippen molar-refractivity contribution in [2.45, 2.75) is 46.2 Å². The fourth-order valence-electron chi connectivity index (χ4n) is 4.86. The summed E-state index contributed by atoms with van der Waals surface area (Å²) in [5.41, 5.74) is 4.34. The number of rotatable bonds is 5. The Bertz CT molecular complexity index is 1400. The average Bonchev–Trinajstić information content (AvgIpc) is 3.59. The molecule has 2 aliphatic rings. The zero-order valence-electron chi connectivity index (χ0n) is 22.4. The van der Waals surface area contributed by atoms with Crippen molar-refractivity contribution in [3.8, 4) is 5.75 Å². The highest BCUT2D eigenvalue weighted by molar-refractivity contribution is 6.44. The zero-order chi connectivity index (χ0) is 27.4. The number of aryl methyl sites for hydroxylation is 3. The first-order chi connectivity index (χ1) is 18.9. The van der Waals surface area contributed by atoms with Crippen molar-refractivity contribution in [3.63, 3.8) is 0 Å². The number of hydrogen-bond acceptors (Lipinski definition) is 8. The zero-order valence-corrected chi connectivity index (χ0v) is 23.2. The van der Waals surface area contributed by atoms with Gasteiger partial charge in [-0.1, -0.05) is 22.8 Å². The van der Waals surface area contributed by atoms with E-state index in [0.717, 1.165) is 47.5 Å². The lowest BCUT2D eigenvalue weighted by Gasteiger charge is -2.18. The Labute approximate surface area is 233 Å². The molecule has 2 N–H and O–H groups in total. The maximum Gasteiger partial charge on any atom is 0.276 e. The van der Waals surface area contributed by atoms with E-state index in [1.807, 2.05) is 43.2 Å². The first kappa shape index (κ1) is 26.7. The molecule has 2 aromatic heterocycles. The van der Waals surface area contributed by atoms with E-state index >= 15 is 0 Å². The highest BCUT2D eigenvalue weighted by atomic mass is 35.5. The van der Waals surface area contributed by atoms with Gasteiger partial charge in [0, 0.05) is 37.0 Å². The summed E-state index contributed by atoms with van der Waals surface area (Å²) in [5.74, 6) is 2.19. The second kappa shape index (κ2) is 11.9. The van der Waals surface area contributed by atoms with Gasteiger partial charge in [0.25, 0.3) is 5.91 Å². The van der Waals surface area contributed by atoms with E-state index in [9.17, 15) is 4.79 Å². The minimum absolute atomic E-state index is 0.0975. The quantitative estimate of drug-likeness (QED) is 0.438. The molecule has 4 heterocycles. The molecule has 5 rings (SSSR count). The Kier molecular flexibility index (Phi) is 8.16. The van der Waals surface area contributed by atoms with Gasteiger partial charge in [0.15, 0.2) is 5.69 Å². The van der Waals surface area contributed by atoms with Gasteiger partial charge in [-0.05, 0) is 75.4 Å². The number of nitrogens with zero attached hydrogens (tertiary/aromatic N) is 4. The molecule has 2 unspecified atom stereocenters. The Hall–Kier alpha value is -3.85. The monoisotopic (exact) mass is 548 g/mol. The molecule has 1 aromatic carbocycles. The number of carbonyl (C=O) groups excluding carboxylic acids is 1. The van der Waals surface area contributed by atoms with Crippen LogP contribution >= 0.6 is 11.6 Å². The van der Waals surface area contributed by atoms with Crippen LogP contribution in [-0.4, -0.2) is 52.6 Å². The molecule has 2 aliphatic heterocycles. The lowest BCUT2D eigenvalue weighted by Crippen LogP contribution is -2.29. The normalized spacial score (nSPS) is 21.0. The van der Waals surface area contributed by atoms with E-state index in [4.69, 9.17) is 25.9 Å². The number of likely N-dealkylation sites (tertiary alicyclic amines) is 1. The first-order valence-corrected chi connectivity index (χ1v) is 13.6. The SMILES string of the molecule is C/C=C(Cl)\C1=N/C(C)Nc2cncc(c2)CCc2cc(ccc2OCC2CCN(C(=O)c3cc(C)on3)C2)N1. The molecular formula is C29H33ClN6O3. The summed E-state index contributed by atoms with van der Waals surface area (Å²) in [6.45, 7) is 7.47. The van der Waals surface area contributed by atoms with Crippen molar-refractivity contribution in [3.05, 3.63) is 76.4 Å². The molecule has 39 heavy (non-hydrogen) atoms. The third-order valence-corrected chi connectivity index (χ3v) is 7.27. The van der Waals surface area contributed by atoms with Crippen molar-refractivity contribution >= 4 is 34.7 Å². The van der Waals surface area contributed by atoms with E-state index in [1.165, 1.54) is 0 Å². The summed E-state index contributed by atoms with van der Waals surface area (Å²) >= 11 is 6.51. The summed E-state index contributed by atoms with van der Waals surface area (Å²) in [4.78, 5) is 23.7. The molecule has 4 bridgehead atoms. The predicted octanol–water partition coefficient (Wildman–Crippen LogP) is 5.43. The molecule has 10 heteroatoms. The Morgan fingerprint density at radius 2 is 2.10 bits per heavy atom. The van der Waals surface area contributed by atoms with Gasteiger partial charge in [-0.3, -0.25) is 9.78 Å². The molecular weight excluding hydrogens is 516 g/mol. The average molecular weight is 549 g/mol. The third-order valence-electron chi connectivity index (χ3n) is 6.87. The Balaban J connectivity index is 1.33. The summed E-state index contributed by atoms with van der Waals surface area (Å²) in [5, 5.41) is 11.2. The van der Waals surface area contributed by atoms with Crippen molar-refractivity contribution in [2.75, 3.05) is 30.3 Å². The molecule has 1 saturated heterocycles. The molecule has 0 saturated carbocycles. The number of ether oxygens (including phenoxy) is 1. The number of allylic oxidation sites excluding steroid dienone is 1. The topological polar surface area (TPSA) is 105 Å². The van der Waals surface area contributed by atoms with Crippen LogP contribution in [0.1, 0.15) is 47.6 Å². The molecule has 204 valence electrons. The number of aliphatic imine (C=N–C) groups is 1. The smallest absolute Gasteiger partial charge is 0.276 e. The Morgan fingerprint density at radius 3 is 2.90 bits per heavy atom. The summed E-state index contributed by atoms with van der Waals surface area (Å²) in [6, 6.07) is 9.84. The standard InChI is InChI=1S/C29H33ClN6O3/c1-4-25(30)28-33-19(3)32-24-12-20(14-31-15-24)5-6-22-13-23(34-28)7-8-27(22)38-17-21-9-10-36(16-21)29(37)26-11-18(2)39-35-26/h4,7-8,11-15,19,21,32H,5-6,9-10,16-17H2,1-3H3,(H,33,34)/b25-4+. The highest BCUT2D eigenvalue weighted by Crippen LogP contribution is 2.28. The van der Waals surface area contributed by atoms with E-state index in [0.29, 0.717) is 42.0 Å². The third kappa shape index (κ3) is 6.60. The van der Waals surface area contributed by atoms with Gasteiger partial charge in [-0.15, -0.1) is 0 Å². The van der Waals surface area contributed by atoms with Crippen LogP contribution in [0.4, 0.5) is 11.4 Å². The van der Waals surface area contributed by atoms with Gasteiger partial charge < -0.3 is 24.8 Å². The number of amidine groups is 1. The number of nitrogens with one attached hydrogen (secondary N) is 2. The van der Waals surface area contributed by atoms with E-state index in [-0.39, 0.29) is 18.0 Å². The van der Waals surface area contributed by atoms with E-state index < -0.39 is 0 Å². The molecule has 0 radical (unpaired) electrons. The highest BCUT2D eigenvalue weighted by Gasteiger charge is 2.29. The van der Waals surface area contributed by atoms with Crippen LogP contribution in [0.2, 0.25) is 0 Å². The van der Waals surface area contributed by atoms with Gasteiger partial charge in [-0.2, -0.15) is 0 Å². The van der Waals surface area contributed by atoms with E-state index in [1.54, 1.807) is 19.2 Å². The summed E-state index contributed by atoms with van der Waals surface area (Å²) in [7, 11) is 0. The molecule has 9 nitrogen and oxygen atoms in total. The van der Waals surface area contributed by atoms with Gasteiger partial charge in [0.2, 0.25) is 0 Å². The predicted molar refractivity (Wildman–Crippen MR) is 153 cm³/mol. The Morgan fingerprint density at radius 1 is 1.23 bits per heavy atom. The second-order valence-electron chi connectivity index (χ2n) is 10.0. The summed E-state index contributed by atoms with van der Waals surface area (Å²) < 4.78 is 11.4. The largest absolute Gasteiger partial charge is 0.493 e. The fraction of sp³-hybridized carbons (Fsp3) is 0.379. The maximum absolute atomic E-state index is 12.7. The van der Waals surface area contributed by atoms with Crippen LogP contribution in [0.3, 0.4) is 0 Å². The molecule has 0 spiro atoms. The van der Waals surface area contributed by atoms with Crippen molar-refractivity contribution in [1.82, 2.24) is 15.0 Å². The number of aromatic nitrogens is 2. The first-order valence-electron chi connectivity index (χ1n) is 13.2. The lowest BCUT2D eigenvalue weighted by molar-refractivity contribution is 0.0772. The van der Waals surface area contributed by atoms with Gasteiger partial charge in [-0.25, -0.2) is 4.99 Å². The molecule has 2 atom stereocenters. The van der Waals surface area contributed by atoms with Gasteiger partial charge in [0.1, 0.15) is 23.5 Å². The van der Waals surface area contributed by atoms with Crippen LogP contribution in [0.25, 0.3) is 0 Å². The molecule has 0 aliphatic carbocycles. The van der Waals surface area contributed by atoms with Crippen LogP contribution in [-0.2, 0) is 12.8 Å². The number of benzene rings is 1. The number of pyridine rings is 1. The molecule has 1 amide bonds. The number of halogens is 1. The number of anilines is 2. The van der Waals surface area contributed by atoms with Gasteiger partial charge in [0.05, 0.1) is 23.5 Å². The van der Waals surface area contributed by atoms with Crippen LogP contribution in [0, 0.1) is 12.8 Å². The maximum atomic E-state index is 12.7. The second-order valence-corrected chi connectivity index (χ2v) is 10.4. The van der Waals surface area contributed by atoms with Crippen LogP contribution in [0.5, 0.6) is 5.75 Å². The van der Waals surface area contributed by atoms with Gasteiger partial charge >= 0.3 is 0 Å². The fourth-order valence-corrected chi connectivity index (χ4v) is 4.96. The van der Waals surface area contributed by atoms with Crippen molar-refractivity contribution < 1.29 is 14.1 Å². The van der Waals surface area contributed by atoms with Crippen LogP contribution < -0.4 is 15.4 Å². The molecule has 3 aromatic rings. The molecule has 1 fully saturated rings. The van der Waals surface area contributed by atoms with Crippen molar-refractivity contribution in [1.29, 1.82) is 0 Å². The van der Waals surface area contributed by atoms with E-state index in [2.05, 4.69) is 32.9 Å². The number of amides is 1.